The largest absolute Gasteiger partial charge is 0.497 e. The van der Waals surface area contributed by atoms with Crippen LogP contribution < -0.4 is 25.8 Å². The lowest BCUT2D eigenvalue weighted by Crippen LogP contribution is -2.43. The van der Waals surface area contributed by atoms with E-state index in [9.17, 15) is 9.59 Å². The third-order valence-electron chi connectivity index (χ3n) is 2.42. The van der Waals surface area contributed by atoms with E-state index >= 15 is 0 Å². The fraction of sp³-hybridized carbons (Fsp3) is 0.333. The number of hydrogen-bond acceptors (Lipinski definition) is 5. The summed E-state index contributed by atoms with van der Waals surface area (Å²) in [6, 6.07) is 3.59. The van der Waals surface area contributed by atoms with Crippen LogP contribution >= 0.6 is 0 Å². The second-order valence-corrected chi connectivity index (χ2v) is 3.79. The smallest absolute Gasteiger partial charge is 0.318 e. The van der Waals surface area contributed by atoms with Crippen LogP contribution in [-0.4, -0.2) is 32.2 Å². The topological polar surface area (TPSA) is 103 Å². The van der Waals surface area contributed by atoms with Crippen molar-refractivity contribution in [2.24, 2.45) is 5.73 Å². The number of anilines is 1. The molecular formula is C12H17N3O4. The summed E-state index contributed by atoms with van der Waals surface area (Å²) < 4.78 is 10.3. The zero-order valence-corrected chi connectivity index (χ0v) is 11.0. The molecule has 1 atom stereocenters. The molecular weight excluding hydrogens is 250 g/mol. The van der Waals surface area contributed by atoms with E-state index in [1.165, 1.54) is 7.11 Å². The molecule has 1 rings (SSSR count). The Kier molecular flexibility index (Phi) is 4.99. The molecule has 0 bridgehead atoms. The van der Waals surface area contributed by atoms with E-state index in [-0.39, 0.29) is 0 Å². The van der Waals surface area contributed by atoms with Crippen molar-refractivity contribution < 1.29 is 19.1 Å². The molecule has 3 amide bonds. The van der Waals surface area contributed by atoms with E-state index in [1.807, 2.05) is 5.32 Å². The quantitative estimate of drug-likeness (QED) is 0.728. The molecule has 0 unspecified atom stereocenters. The number of benzene rings is 1. The van der Waals surface area contributed by atoms with Crippen molar-refractivity contribution in [3.63, 3.8) is 0 Å². The molecule has 0 saturated carbocycles. The van der Waals surface area contributed by atoms with Crippen LogP contribution in [0.5, 0.6) is 11.5 Å². The van der Waals surface area contributed by atoms with Gasteiger partial charge in [0.25, 0.3) is 0 Å². The Morgan fingerprint density at radius 3 is 2.47 bits per heavy atom. The van der Waals surface area contributed by atoms with Gasteiger partial charge in [-0.15, -0.1) is 0 Å². The SMILES string of the molecule is COc1ccc(N[C@@H](C)C(=O)NC(N)=O)c(OC)c1. The van der Waals surface area contributed by atoms with Gasteiger partial charge in [0.1, 0.15) is 17.5 Å². The number of carbonyl (C=O) groups excluding carboxylic acids is 2. The molecule has 0 fully saturated rings. The Balaban J connectivity index is 2.81. The molecule has 19 heavy (non-hydrogen) atoms. The first-order valence-corrected chi connectivity index (χ1v) is 5.56. The number of carbonyl (C=O) groups is 2. The summed E-state index contributed by atoms with van der Waals surface area (Å²) in [6.07, 6.45) is 0. The summed E-state index contributed by atoms with van der Waals surface area (Å²) in [6.45, 7) is 1.60. The Morgan fingerprint density at radius 2 is 1.95 bits per heavy atom. The fourth-order valence-electron chi connectivity index (χ4n) is 1.45. The number of amides is 3. The molecule has 0 aliphatic carbocycles. The zero-order chi connectivity index (χ0) is 14.4. The Morgan fingerprint density at radius 1 is 1.26 bits per heavy atom. The number of imide groups is 1. The first kappa shape index (κ1) is 14.6. The van der Waals surface area contributed by atoms with Gasteiger partial charge in [-0.2, -0.15) is 0 Å². The summed E-state index contributed by atoms with van der Waals surface area (Å²) in [5.74, 6) is 0.639. The van der Waals surface area contributed by atoms with Gasteiger partial charge >= 0.3 is 6.03 Å². The van der Waals surface area contributed by atoms with Crippen molar-refractivity contribution in [2.45, 2.75) is 13.0 Å². The summed E-state index contributed by atoms with van der Waals surface area (Å²) >= 11 is 0. The maximum absolute atomic E-state index is 11.5. The van der Waals surface area contributed by atoms with E-state index in [0.29, 0.717) is 17.2 Å². The third kappa shape index (κ3) is 4.06. The highest BCUT2D eigenvalue weighted by Gasteiger charge is 2.16. The number of urea groups is 1. The molecule has 0 aromatic heterocycles. The van der Waals surface area contributed by atoms with E-state index in [2.05, 4.69) is 5.32 Å². The summed E-state index contributed by atoms with van der Waals surface area (Å²) in [7, 11) is 3.05. The Bertz CT molecular complexity index is 476. The third-order valence-corrected chi connectivity index (χ3v) is 2.42. The van der Waals surface area contributed by atoms with Gasteiger partial charge in [-0.05, 0) is 19.1 Å². The van der Waals surface area contributed by atoms with Gasteiger partial charge in [0.05, 0.1) is 19.9 Å². The van der Waals surface area contributed by atoms with Gasteiger partial charge in [-0.25, -0.2) is 4.79 Å². The second kappa shape index (κ2) is 6.48. The number of nitrogens with two attached hydrogens (primary N) is 1. The van der Waals surface area contributed by atoms with Crippen molar-refractivity contribution in [1.29, 1.82) is 0 Å². The maximum atomic E-state index is 11.5. The molecule has 0 aliphatic rings. The van der Waals surface area contributed by atoms with E-state index in [4.69, 9.17) is 15.2 Å². The molecule has 7 nitrogen and oxygen atoms in total. The predicted molar refractivity (Wildman–Crippen MR) is 70.4 cm³/mol. The Hall–Kier alpha value is -2.44. The van der Waals surface area contributed by atoms with Gasteiger partial charge in [-0.3, -0.25) is 10.1 Å². The van der Waals surface area contributed by atoms with Crippen molar-refractivity contribution in [3.8, 4) is 11.5 Å². The molecule has 104 valence electrons. The normalized spacial score (nSPS) is 11.3. The molecule has 1 aromatic rings. The van der Waals surface area contributed by atoms with Gasteiger partial charge in [0.15, 0.2) is 0 Å². The highest BCUT2D eigenvalue weighted by Crippen LogP contribution is 2.29. The first-order chi connectivity index (χ1) is 8.97. The average Bonchev–Trinajstić information content (AvgIpc) is 2.38. The lowest BCUT2D eigenvalue weighted by atomic mass is 10.2. The average molecular weight is 267 g/mol. The summed E-state index contributed by atoms with van der Waals surface area (Å²) in [4.78, 5) is 22.1. The number of primary amides is 1. The number of ether oxygens (including phenoxy) is 2. The predicted octanol–water partition coefficient (Wildman–Crippen LogP) is 0.699. The number of nitrogens with one attached hydrogen (secondary N) is 2. The molecule has 0 saturated heterocycles. The molecule has 0 aliphatic heterocycles. The fourth-order valence-corrected chi connectivity index (χ4v) is 1.45. The molecule has 4 N–H and O–H groups in total. The molecule has 0 radical (unpaired) electrons. The van der Waals surface area contributed by atoms with Crippen molar-refractivity contribution in [2.75, 3.05) is 19.5 Å². The number of methoxy groups -OCH3 is 2. The first-order valence-electron chi connectivity index (χ1n) is 5.56. The monoisotopic (exact) mass is 267 g/mol. The zero-order valence-electron chi connectivity index (χ0n) is 11.0. The molecule has 1 aromatic carbocycles. The minimum atomic E-state index is -0.889. The molecule has 0 spiro atoms. The highest BCUT2D eigenvalue weighted by molar-refractivity contribution is 5.97. The van der Waals surface area contributed by atoms with E-state index in [0.717, 1.165) is 0 Å². The summed E-state index contributed by atoms with van der Waals surface area (Å²) in [5.41, 5.74) is 5.49. The van der Waals surface area contributed by atoms with E-state index < -0.39 is 18.0 Å². The van der Waals surface area contributed by atoms with Crippen molar-refractivity contribution >= 4 is 17.6 Å². The highest BCUT2D eigenvalue weighted by atomic mass is 16.5. The Labute approximate surface area is 111 Å². The van der Waals surface area contributed by atoms with Crippen LogP contribution in [0.25, 0.3) is 0 Å². The van der Waals surface area contributed by atoms with Crippen molar-refractivity contribution in [1.82, 2.24) is 5.32 Å². The van der Waals surface area contributed by atoms with Gasteiger partial charge < -0.3 is 20.5 Å². The van der Waals surface area contributed by atoms with Crippen LogP contribution in [0.2, 0.25) is 0 Å². The number of rotatable bonds is 5. The van der Waals surface area contributed by atoms with Crippen LogP contribution in [0.15, 0.2) is 18.2 Å². The van der Waals surface area contributed by atoms with Crippen LogP contribution in [0.4, 0.5) is 10.5 Å². The molecule has 0 heterocycles. The lowest BCUT2D eigenvalue weighted by Gasteiger charge is -2.17. The minimum absolute atomic E-state index is 0.523. The lowest BCUT2D eigenvalue weighted by molar-refractivity contribution is -0.120. The van der Waals surface area contributed by atoms with Crippen molar-refractivity contribution in [3.05, 3.63) is 18.2 Å². The van der Waals surface area contributed by atoms with Gasteiger partial charge in [-0.1, -0.05) is 0 Å². The van der Waals surface area contributed by atoms with Crippen LogP contribution in [0.3, 0.4) is 0 Å². The second-order valence-electron chi connectivity index (χ2n) is 3.79. The van der Waals surface area contributed by atoms with Gasteiger partial charge in [0.2, 0.25) is 5.91 Å². The minimum Gasteiger partial charge on any atom is -0.497 e. The molecule has 7 heteroatoms. The van der Waals surface area contributed by atoms with E-state index in [1.54, 1.807) is 32.2 Å². The van der Waals surface area contributed by atoms with Crippen LogP contribution in [-0.2, 0) is 4.79 Å². The summed E-state index contributed by atoms with van der Waals surface area (Å²) in [5, 5.41) is 4.91. The van der Waals surface area contributed by atoms with Crippen LogP contribution in [0.1, 0.15) is 6.92 Å². The van der Waals surface area contributed by atoms with Gasteiger partial charge in [0, 0.05) is 6.07 Å². The standard InChI is InChI=1S/C12H17N3O4/c1-7(11(16)15-12(13)17)14-9-5-4-8(18-2)6-10(9)19-3/h4-7,14H,1-3H3,(H3,13,15,16,17)/t7-/m0/s1. The maximum Gasteiger partial charge on any atom is 0.318 e. The number of hydrogen-bond donors (Lipinski definition) is 3. The van der Waals surface area contributed by atoms with Crippen LogP contribution in [0, 0.1) is 0 Å².